The third-order valence-electron chi connectivity index (χ3n) is 4.43. The topological polar surface area (TPSA) is 101 Å². The van der Waals surface area contributed by atoms with Crippen LogP contribution in [0, 0.1) is 0 Å². The summed E-state index contributed by atoms with van der Waals surface area (Å²) in [5.74, 6) is -1.11. The Balaban J connectivity index is 1.61. The van der Waals surface area contributed by atoms with E-state index in [-0.39, 0.29) is 36.9 Å². The normalized spacial score (nSPS) is 12.0. The third kappa shape index (κ3) is 5.26. The summed E-state index contributed by atoms with van der Waals surface area (Å²) in [6.07, 6.45) is 2.46. The van der Waals surface area contributed by atoms with Gasteiger partial charge in [0.15, 0.2) is 0 Å². The molecule has 1 unspecified atom stereocenters. The van der Waals surface area contributed by atoms with E-state index in [0.717, 1.165) is 5.56 Å². The van der Waals surface area contributed by atoms with Crippen molar-refractivity contribution in [3.05, 3.63) is 64.0 Å². The number of thiophene rings is 1. The number of carbonyl (C=O) groups excluding carboxylic acids is 1. The fourth-order valence-corrected chi connectivity index (χ4v) is 3.72. The Morgan fingerprint density at radius 1 is 1.18 bits per heavy atom. The van der Waals surface area contributed by atoms with Crippen molar-refractivity contribution in [2.45, 2.75) is 38.3 Å². The molecule has 1 aromatic carbocycles. The van der Waals surface area contributed by atoms with Crippen molar-refractivity contribution in [3.8, 4) is 0 Å². The summed E-state index contributed by atoms with van der Waals surface area (Å²) in [5.41, 5.74) is 0.868. The van der Waals surface area contributed by atoms with Gasteiger partial charge < -0.3 is 10.4 Å². The predicted molar refractivity (Wildman–Crippen MR) is 107 cm³/mol. The van der Waals surface area contributed by atoms with Crippen LogP contribution >= 0.6 is 11.3 Å². The maximum Gasteiger partial charge on any atom is 0.303 e. The molecular formula is C20H21N3O4S. The third-order valence-corrected chi connectivity index (χ3v) is 5.25. The van der Waals surface area contributed by atoms with Crippen LogP contribution in [0.15, 0.2) is 52.9 Å². The van der Waals surface area contributed by atoms with Crippen molar-refractivity contribution < 1.29 is 14.7 Å². The quantitative estimate of drug-likeness (QED) is 0.575. The minimum absolute atomic E-state index is 0.0179. The van der Waals surface area contributed by atoms with Gasteiger partial charge in [0.2, 0.25) is 5.91 Å². The average molecular weight is 399 g/mol. The van der Waals surface area contributed by atoms with Gasteiger partial charge in [-0.15, -0.1) is 11.3 Å². The Bertz CT molecular complexity index is 1010. The molecular weight excluding hydrogens is 378 g/mol. The van der Waals surface area contributed by atoms with Crippen LogP contribution in [-0.4, -0.2) is 32.6 Å². The molecule has 0 aliphatic rings. The van der Waals surface area contributed by atoms with Crippen LogP contribution in [-0.2, 0) is 22.6 Å². The summed E-state index contributed by atoms with van der Waals surface area (Å²) in [6.45, 7) is 0.223. The highest BCUT2D eigenvalue weighted by Crippen LogP contribution is 2.13. The number of nitrogens with zero attached hydrogens (tertiary/aromatic N) is 2. The van der Waals surface area contributed by atoms with Gasteiger partial charge in [-0.1, -0.05) is 30.3 Å². The van der Waals surface area contributed by atoms with Gasteiger partial charge in [-0.25, -0.2) is 4.98 Å². The van der Waals surface area contributed by atoms with E-state index in [4.69, 9.17) is 5.11 Å². The molecule has 0 aliphatic carbocycles. The van der Waals surface area contributed by atoms with Crippen molar-refractivity contribution in [2.24, 2.45) is 0 Å². The Labute approximate surface area is 165 Å². The summed E-state index contributed by atoms with van der Waals surface area (Å²) >= 11 is 1.40. The molecule has 0 saturated carbocycles. The molecule has 28 heavy (non-hydrogen) atoms. The number of nitrogens with one attached hydrogen (secondary N) is 1. The van der Waals surface area contributed by atoms with Crippen molar-refractivity contribution >= 4 is 33.4 Å². The number of hydrogen-bond donors (Lipinski definition) is 2. The number of aromatic nitrogens is 2. The zero-order valence-electron chi connectivity index (χ0n) is 15.2. The molecule has 7 nitrogen and oxygen atoms in total. The highest BCUT2D eigenvalue weighted by Gasteiger charge is 2.15. The minimum Gasteiger partial charge on any atom is -0.481 e. The van der Waals surface area contributed by atoms with Gasteiger partial charge in [-0.2, -0.15) is 0 Å². The molecule has 3 rings (SSSR count). The average Bonchev–Trinajstić information content (AvgIpc) is 3.16. The van der Waals surface area contributed by atoms with Crippen LogP contribution in [0.3, 0.4) is 0 Å². The molecule has 0 saturated heterocycles. The number of carbonyl (C=O) groups is 2. The Hall–Kier alpha value is -3.00. The van der Waals surface area contributed by atoms with Gasteiger partial charge in [-0.3, -0.25) is 19.0 Å². The predicted octanol–water partition coefficient (Wildman–Crippen LogP) is 2.44. The largest absolute Gasteiger partial charge is 0.481 e. The van der Waals surface area contributed by atoms with E-state index in [1.54, 1.807) is 6.07 Å². The summed E-state index contributed by atoms with van der Waals surface area (Å²) in [5, 5.41) is 14.2. The number of carboxylic acid groups (broad SMARTS) is 1. The molecule has 0 bridgehead atoms. The molecule has 0 fully saturated rings. The number of aliphatic carboxylic acids is 1. The van der Waals surface area contributed by atoms with Crippen LogP contribution in [0.4, 0.5) is 0 Å². The van der Waals surface area contributed by atoms with E-state index in [0.29, 0.717) is 23.1 Å². The van der Waals surface area contributed by atoms with Gasteiger partial charge in [0.05, 0.1) is 11.7 Å². The van der Waals surface area contributed by atoms with E-state index in [2.05, 4.69) is 10.3 Å². The van der Waals surface area contributed by atoms with Crippen LogP contribution in [0.5, 0.6) is 0 Å². The lowest BCUT2D eigenvalue weighted by molar-refractivity contribution is -0.137. The van der Waals surface area contributed by atoms with Crippen LogP contribution < -0.4 is 10.9 Å². The Kier molecular flexibility index (Phi) is 6.54. The molecule has 2 aromatic heterocycles. The molecule has 2 heterocycles. The first-order valence-corrected chi connectivity index (χ1v) is 9.88. The van der Waals surface area contributed by atoms with E-state index in [1.165, 1.54) is 22.2 Å². The van der Waals surface area contributed by atoms with Gasteiger partial charge in [0.1, 0.15) is 4.83 Å². The summed E-state index contributed by atoms with van der Waals surface area (Å²) in [6, 6.07) is 11.1. The van der Waals surface area contributed by atoms with Crippen LogP contribution in [0.2, 0.25) is 0 Å². The van der Waals surface area contributed by atoms with E-state index in [9.17, 15) is 14.4 Å². The van der Waals surface area contributed by atoms with Crippen molar-refractivity contribution in [3.63, 3.8) is 0 Å². The molecule has 0 aliphatic heterocycles. The molecule has 3 aromatic rings. The van der Waals surface area contributed by atoms with Crippen LogP contribution in [0.25, 0.3) is 10.2 Å². The summed E-state index contributed by atoms with van der Waals surface area (Å²) in [4.78, 5) is 40.6. The molecule has 1 atom stereocenters. The number of carboxylic acids is 1. The van der Waals surface area contributed by atoms with Gasteiger partial charge >= 0.3 is 5.97 Å². The standard InChI is InChI=1S/C20H21N3O4S/c24-17(8-10-23-13-21-19-16(20(23)27)9-11-28-19)22-15(6-7-18(25)26)12-14-4-2-1-3-5-14/h1-5,9,11,13,15H,6-8,10,12H2,(H,22,24)(H,25,26). The second kappa shape index (κ2) is 9.27. The number of rotatable bonds is 9. The van der Waals surface area contributed by atoms with Crippen molar-refractivity contribution in [1.29, 1.82) is 0 Å². The van der Waals surface area contributed by atoms with Gasteiger partial charge in [0.25, 0.3) is 5.56 Å². The number of amides is 1. The lowest BCUT2D eigenvalue weighted by atomic mass is 10.0. The fourth-order valence-electron chi connectivity index (χ4n) is 3.00. The van der Waals surface area contributed by atoms with Crippen LogP contribution in [0.1, 0.15) is 24.8 Å². The number of aryl methyl sites for hydroxylation is 1. The number of fused-ring (bicyclic) bond motifs is 1. The van der Waals surface area contributed by atoms with Gasteiger partial charge in [0, 0.05) is 25.4 Å². The van der Waals surface area contributed by atoms with Gasteiger partial charge in [-0.05, 0) is 29.9 Å². The maximum atomic E-state index is 12.4. The first-order valence-electron chi connectivity index (χ1n) is 9.00. The Morgan fingerprint density at radius 2 is 1.96 bits per heavy atom. The zero-order chi connectivity index (χ0) is 19.9. The first kappa shape index (κ1) is 19.8. The lowest BCUT2D eigenvalue weighted by Gasteiger charge is -2.18. The monoisotopic (exact) mass is 399 g/mol. The highest BCUT2D eigenvalue weighted by molar-refractivity contribution is 7.16. The minimum atomic E-state index is -0.894. The first-order chi connectivity index (χ1) is 13.5. The number of hydrogen-bond acceptors (Lipinski definition) is 5. The second-order valence-corrected chi connectivity index (χ2v) is 7.41. The summed E-state index contributed by atoms with van der Waals surface area (Å²) < 4.78 is 1.43. The number of benzene rings is 1. The molecule has 2 N–H and O–H groups in total. The van der Waals surface area contributed by atoms with Crippen molar-refractivity contribution in [1.82, 2.24) is 14.9 Å². The second-order valence-electron chi connectivity index (χ2n) is 6.52. The zero-order valence-corrected chi connectivity index (χ0v) is 16.0. The lowest BCUT2D eigenvalue weighted by Crippen LogP contribution is -2.37. The molecule has 146 valence electrons. The molecule has 0 spiro atoms. The van der Waals surface area contributed by atoms with E-state index >= 15 is 0 Å². The Morgan fingerprint density at radius 3 is 2.71 bits per heavy atom. The van der Waals surface area contributed by atoms with Crippen molar-refractivity contribution in [2.75, 3.05) is 0 Å². The highest BCUT2D eigenvalue weighted by atomic mass is 32.1. The maximum absolute atomic E-state index is 12.4. The fraction of sp³-hybridized carbons (Fsp3) is 0.300. The molecule has 1 amide bonds. The SMILES string of the molecule is O=C(O)CCC(Cc1ccccc1)NC(=O)CCn1cnc2sccc2c1=O. The molecule has 8 heteroatoms. The van der Waals surface area contributed by atoms with E-state index < -0.39 is 5.97 Å². The summed E-state index contributed by atoms with van der Waals surface area (Å²) in [7, 11) is 0. The molecule has 0 radical (unpaired) electrons. The smallest absolute Gasteiger partial charge is 0.303 e. The van der Waals surface area contributed by atoms with E-state index in [1.807, 2.05) is 35.7 Å².